The number of hydrogen-bond donors (Lipinski definition) is 3. The smallest absolute Gasteiger partial charge is 0.215 e. The van der Waals surface area contributed by atoms with Crippen LogP contribution < -0.4 is 10.5 Å². The molecule has 1 atom stereocenters. The van der Waals surface area contributed by atoms with E-state index in [2.05, 4.69) is 14.7 Å². The fourth-order valence-electron chi connectivity index (χ4n) is 0.833. The summed E-state index contributed by atoms with van der Waals surface area (Å²) in [7, 11) is -3.32. The summed E-state index contributed by atoms with van der Waals surface area (Å²) >= 11 is 0. The van der Waals surface area contributed by atoms with Crippen LogP contribution in [0.1, 0.15) is 12.7 Å². The Hall–Kier alpha value is -0.920. The van der Waals surface area contributed by atoms with E-state index in [-0.39, 0.29) is 13.1 Å². The summed E-state index contributed by atoms with van der Waals surface area (Å²) in [6.07, 6.45) is 3.20. The van der Waals surface area contributed by atoms with E-state index in [0.29, 0.717) is 5.82 Å². The second-order valence-corrected chi connectivity index (χ2v) is 5.13. The first-order chi connectivity index (χ1) is 6.56. The largest absolute Gasteiger partial charge is 0.347 e. The summed E-state index contributed by atoms with van der Waals surface area (Å²) in [6.45, 7) is 1.83. The van der Waals surface area contributed by atoms with Crippen LogP contribution in [0.15, 0.2) is 12.4 Å². The molecule has 1 aromatic rings. The van der Waals surface area contributed by atoms with E-state index in [1.807, 2.05) is 0 Å². The molecule has 0 aromatic carbocycles. The number of nitrogens with zero attached hydrogens (tertiary/aromatic N) is 1. The van der Waals surface area contributed by atoms with Crippen molar-refractivity contribution in [1.82, 2.24) is 14.7 Å². The predicted octanol–water partition coefficient (Wildman–Crippen LogP) is -0.824. The van der Waals surface area contributed by atoms with Gasteiger partial charge >= 0.3 is 0 Å². The summed E-state index contributed by atoms with van der Waals surface area (Å²) in [5.74, 6) is 0.581. The van der Waals surface area contributed by atoms with Crippen molar-refractivity contribution in [2.24, 2.45) is 5.73 Å². The van der Waals surface area contributed by atoms with Gasteiger partial charge < -0.3 is 10.7 Å². The van der Waals surface area contributed by atoms with Crippen molar-refractivity contribution in [2.45, 2.75) is 18.7 Å². The van der Waals surface area contributed by atoms with Crippen LogP contribution in [0.2, 0.25) is 0 Å². The lowest BCUT2D eigenvalue weighted by molar-refractivity contribution is 0.567. The molecule has 0 aliphatic heterocycles. The minimum Gasteiger partial charge on any atom is -0.347 e. The van der Waals surface area contributed by atoms with E-state index in [1.54, 1.807) is 19.3 Å². The average Bonchev–Trinajstić information content (AvgIpc) is 2.66. The molecule has 0 bridgehead atoms. The first-order valence-electron chi connectivity index (χ1n) is 4.23. The van der Waals surface area contributed by atoms with Gasteiger partial charge in [-0.2, -0.15) is 0 Å². The zero-order valence-electron chi connectivity index (χ0n) is 7.90. The average molecular weight is 218 g/mol. The standard InChI is InChI=1S/C7H14N4O2S/c1-6(4-8)14(12,13)11-5-7-9-2-3-10-7/h2-3,6,11H,4-5,8H2,1H3,(H,9,10). The monoisotopic (exact) mass is 218 g/mol. The molecule has 0 saturated heterocycles. The molecule has 14 heavy (non-hydrogen) atoms. The van der Waals surface area contributed by atoms with Gasteiger partial charge in [0.05, 0.1) is 11.8 Å². The fourth-order valence-corrected chi connectivity index (χ4v) is 1.71. The molecule has 0 spiro atoms. The summed E-state index contributed by atoms with van der Waals surface area (Å²) in [5.41, 5.74) is 5.26. The van der Waals surface area contributed by atoms with Crippen molar-refractivity contribution in [1.29, 1.82) is 0 Å². The topological polar surface area (TPSA) is 101 Å². The minimum atomic E-state index is -3.32. The Morgan fingerprint density at radius 2 is 2.43 bits per heavy atom. The maximum absolute atomic E-state index is 11.4. The first-order valence-corrected chi connectivity index (χ1v) is 5.77. The summed E-state index contributed by atoms with van der Waals surface area (Å²) in [6, 6.07) is 0. The van der Waals surface area contributed by atoms with Gasteiger partial charge in [-0.05, 0) is 6.92 Å². The van der Waals surface area contributed by atoms with Gasteiger partial charge in [-0.3, -0.25) is 0 Å². The molecular formula is C7H14N4O2S. The number of aromatic nitrogens is 2. The molecular weight excluding hydrogens is 204 g/mol. The maximum atomic E-state index is 11.4. The highest BCUT2D eigenvalue weighted by Crippen LogP contribution is 1.97. The molecule has 4 N–H and O–H groups in total. The third kappa shape index (κ3) is 2.79. The summed E-state index contributed by atoms with van der Waals surface area (Å²) in [5, 5.41) is -0.586. The fraction of sp³-hybridized carbons (Fsp3) is 0.571. The predicted molar refractivity (Wildman–Crippen MR) is 52.9 cm³/mol. The quantitative estimate of drug-likeness (QED) is 0.600. The number of nitrogens with two attached hydrogens (primary N) is 1. The van der Waals surface area contributed by atoms with E-state index in [0.717, 1.165) is 0 Å². The summed E-state index contributed by atoms with van der Waals surface area (Å²) < 4.78 is 25.3. The normalized spacial score (nSPS) is 14.1. The minimum absolute atomic E-state index is 0.105. The highest BCUT2D eigenvalue weighted by Gasteiger charge is 2.18. The molecule has 0 saturated carbocycles. The zero-order chi connectivity index (χ0) is 10.6. The molecule has 1 aromatic heterocycles. The Balaban J connectivity index is 2.53. The Morgan fingerprint density at radius 1 is 1.71 bits per heavy atom. The molecule has 0 amide bonds. The van der Waals surface area contributed by atoms with E-state index in [4.69, 9.17) is 5.73 Å². The Bertz CT molecular complexity index is 359. The number of imidazole rings is 1. The molecule has 1 rings (SSSR count). The van der Waals surface area contributed by atoms with E-state index in [1.165, 1.54) is 0 Å². The van der Waals surface area contributed by atoms with Crippen LogP contribution in [0, 0.1) is 0 Å². The van der Waals surface area contributed by atoms with Crippen LogP contribution in [0.3, 0.4) is 0 Å². The molecule has 0 fully saturated rings. The second-order valence-electron chi connectivity index (χ2n) is 2.95. The molecule has 0 aliphatic rings. The van der Waals surface area contributed by atoms with E-state index >= 15 is 0 Å². The number of aromatic amines is 1. The maximum Gasteiger partial charge on any atom is 0.215 e. The van der Waals surface area contributed by atoms with Crippen molar-refractivity contribution in [3.63, 3.8) is 0 Å². The third-order valence-electron chi connectivity index (χ3n) is 1.86. The lowest BCUT2D eigenvalue weighted by Crippen LogP contribution is -2.36. The SMILES string of the molecule is CC(CN)S(=O)(=O)NCc1ncc[nH]1. The Kier molecular flexibility index (Phi) is 3.62. The van der Waals surface area contributed by atoms with Gasteiger partial charge in [0.25, 0.3) is 0 Å². The highest BCUT2D eigenvalue weighted by atomic mass is 32.2. The van der Waals surface area contributed by atoms with Gasteiger partial charge in [0, 0.05) is 18.9 Å². The first kappa shape index (κ1) is 11.2. The second kappa shape index (κ2) is 4.54. The van der Waals surface area contributed by atoms with Crippen LogP contribution in [0.5, 0.6) is 0 Å². The summed E-state index contributed by atoms with van der Waals surface area (Å²) in [4.78, 5) is 6.69. The highest BCUT2D eigenvalue weighted by molar-refractivity contribution is 7.90. The van der Waals surface area contributed by atoms with Gasteiger partial charge in [-0.1, -0.05) is 0 Å². The molecule has 1 unspecified atom stereocenters. The van der Waals surface area contributed by atoms with Crippen molar-refractivity contribution >= 4 is 10.0 Å². The molecule has 6 nitrogen and oxygen atoms in total. The Morgan fingerprint density at radius 3 is 2.93 bits per heavy atom. The van der Waals surface area contributed by atoms with Gasteiger partial charge in [-0.25, -0.2) is 18.1 Å². The van der Waals surface area contributed by atoms with Crippen molar-refractivity contribution in [3.8, 4) is 0 Å². The third-order valence-corrected chi connectivity index (χ3v) is 3.66. The van der Waals surface area contributed by atoms with Crippen molar-refractivity contribution < 1.29 is 8.42 Å². The number of H-pyrrole nitrogens is 1. The molecule has 7 heteroatoms. The van der Waals surface area contributed by atoms with Gasteiger partial charge in [0.2, 0.25) is 10.0 Å². The number of nitrogens with one attached hydrogen (secondary N) is 2. The lowest BCUT2D eigenvalue weighted by atomic mass is 10.5. The van der Waals surface area contributed by atoms with Crippen LogP contribution >= 0.6 is 0 Å². The molecule has 0 radical (unpaired) electrons. The molecule has 80 valence electrons. The van der Waals surface area contributed by atoms with E-state index in [9.17, 15) is 8.42 Å². The van der Waals surface area contributed by atoms with Crippen molar-refractivity contribution in [3.05, 3.63) is 18.2 Å². The van der Waals surface area contributed by atoms with Crippen LogP contribution in [0.4, 0.5) is 0 Å². The van der Waals surface area contributed by atoms with E-state index < -0.39 is 15.3 Å². The number of hydrogen-bond acceptors (Lipinski definition) is 4. The van der Waals surface area contributed by atoms with Gasteiger partial charge in [0.1, 0.15) is 5.82 Å². The Labute approximate surface area is 83.0 Å². The number of rotatable bonds is 5. The molecule has 0 aliphatic carbocycles. The van der Waals surface area contributed by atoms with Crippen LogP contribution in [0.25, 0.3) is 0 Å². The molecule has 1 heterocycles. The zero-order valence-corrected chi connectivity index (χ0v) is 8.71. The van der Waals surface area contributed by atoms with Gasteiger partial charge in [0.15, 0.2) is 0 Å². The lowest BCUT2D eigenvalue weighted by Gasteiger charge is -2.10. The van der Waals surface area contributed by atoms with Crippen LogP contribution in [-0.2, 0) is 16.6 Å². The van der Waals surface area contributed by atoms with Crippen LogP contribution in [-0.4, -0.2) is 30.2 Å². The number of sulfonamides is 1. The van der Waals surface area contributed by atoms with Crippen molar-refractivity contribution in [2.75, 3.05) is 6.54 Å². The van der Waals surface area contributed by atoms with Gasteiger partial charge in [-0.15, -0.1) is 0 Å².